The van der Waals surface area contributed by atoms with Crippen LogP contribution in [0.3, 0.4) is 0 Å². The molecule has 3 rings (SSSR count). The molecule has 6 heteroatoms. The zero-order valence-corrected chi connectivity index (χ0v) is 19.0. The van der Waals surface area contributed by atoms with E-state index in [9.17, 15) is 9.59 Å². The van der Waals surface area contributed by atoms with E-state index in [4.69, 9.17) is 13.6 Å². The summed E-state index contributed by atoms with van der Waals surface area (Å²) in [6.07, 6.45) is 6.70. The smallest absolute Gasteiger partial charge is 0.290 e. The summed E-state index contributed by atoms with van der Waals surface area (Å²) < 4.78 is 16.8. The van der Waals surface area contributed by atoms with E-state index in [2.05, 4.69) is 13.8 Å². The average molecular weight is 430 g/mol. The second-order valence-electron chi connectivity index (χ2n) is 8.97. The first-order valence-corrected chi connectivity index (χ1v) is 11.5. The number of carbonyl (C=O) groups excluding carboxylic acids is 2. The van der Waals surface area contributed by atoms with Crippen LogP contribution in [0.5, 0.6) is 0 Å². The zero-order valence-electron chi connectivity index (χ0n) is 19.0. The molecule has 1 fully saturated rings. The summed E-state index contributed by atoms with van der Waals surface area (Å²) in [5, 5.41) is 0. The molecular weight excluding hydrogens is 394 g/mol. The number of carbonyl (C=O) groups is 2. The van der Waals surface area contributed by atoms with Crippen LogP contribution in [0.4, 0.5) is 0 Å². The standard InChI is InChI=1S/C25H35NO5/c1-18(2)6-4-8-23(27)19(3)26(17-22-7-5-13-30-22)25(28)24-10-9-21(31-24)16-20-11-14-29-15-12-20/h5,7,9-10,13,18-20H,4,6,8,11-12,14-17H2,1-3H3/t19-/m1/s1. The molecule has 0 radical (unpaired) electrons. The third-order valence-corrected chi connectivity index (χ3v) is 6.01. The molecule has 31 heavy (non-hydrogen) atoms. The fourth-order valence-electron chi connectivity index (χ4n) is 4.00. The van der Waals surface area contributed by atoms with Gasteiger partial charge in [0, 0.05) is 26.1 Å². The predicted octanol–water partition coefficient (Wildman–Crippen LogP) is 5.27. The van der Waals surface area contributed by atoms with Gasteiger partial charge < -0.3 is 18.5 Å². The Kier molecular flexibility index (Phi) is 8.52. The van der Waals surface area contributed by atoms with Crippen LogP contribution in [0.15, 0.2) is 39.4 Å². The zero-order chi connectivity index (χ0) is 22.2. The van der Waals surface area contributed by atoms with E-state index in [-0.39, 0.29) is 24.0 Å². The molecule has 1 aliphatic rings. The van der Waals surface area contributed by atoms with Crippen molar-refractivity contribution in [1.29, 1.82) is 0 Å². The van der Waals surface area contributed by atoms with Crippen LogP contribution in [0.2, 0.25) is 0 Å². The number of ether oxygens (including phenoxy) is 1. The second-order valence-corrected chi connectivity index (χ2v) is 8.97. The van der Waals surface area contributed by atoms with Crippen LogP contribution in [0.1, 0.15) is 75.0 Å². The minimum absolute atomic E-state index is 0.0644. The van der Waals surface area contributed by atoms with Gasteiger partial charge in [0.05, 0.1) is 18.8 Å². The van der Waals surface area contributed by atoms with Gasteiger partial charge in [0.15, 0.2) is 11.5 Å². The summed E-state index contributed by atoms with van der Waals surface area (Å²) >= 11 is 0. The van der Waals surface area contributed by atoms with Crippen molar-refractivity contribution in [2.75, 3.05) is 13.2 Å². The van der Waals surface area contributed by atoms with Crippen molar-refractivity contribution >= 4 is 11.7 Å². The van der Waals surface area contributed by atoms with Crippen LogP contribution < -0.4 is 0 Å². The molecule has 1 saturated heterocycles. The second kappa shape index (κ2) is 11.3. The third kappa shape index (κ3) is 6.82. The van der Waals surface area contributed by atoms with E-state index >= 15 is 0 Å². The van der Waals surface area contributed by atoms with Crippen LogP contribution >= 0.6 is 0 Å². The lowest BCUT2D eigenvalue weighted by atomic mass is 9.95. The molecule has 0 bridgehead atoms. The van der Waals surface area contributed by atoms with Gasteiger partial charge in [-0.25, -0.2) is 0 Å². The molecule has 0 unspecified atom stereocenters. The molecule has 0 aromatic carbocycles. The maximum absolute atomic E-state index is 13.3. The van der Waals surface area contributed by atoms with E-state index in [0.717, 1.165) is 51.1 Å². The van der Waals surface area contributed by atoms with Gasteiger partial charge in [-0.2, -0.15) is 0 Å². The topological polar surface area (TPSA) is 72.9 Å². The van der Waals surface area contributed by atoms with Crippen molar-refractivity contribution in [2.45, 2.75) is 71.9 Å². The highest BCUT2D eigenvalue weighted by Gasteiger charge is 2.29. The van der Waals surface area contributed by atoms with E-state index in [1.54, 1.807) is 30.2 Å². The van der Waals surface area contributed by atoms with Crippen molar-refractivity contribution in [2.24, 2.45) is 11.8 Å². The van der Waals surface area contributed by atoms with Crippen LogP contribution in [0.25, 0.3) is 0 Å². The fourth-order valence-corrected chi connectivity index (χ4v) is 4.00. The lowest BCUT2D eigenvalue weighted by molar-refractivity contribution is -0.123. The minimum atomic E-state index is -0.547. The molecule has 1 aliphatic heterocycles. The molecule has 1 atom stereocenters. The molecule has 170 valence electrons. The summed E-state index contributed by atoms with van der Waals surface area (Å²) in [4.78, 5) is 27.7. The Morgan fingerprint density at radius 1 is 1.10 bits per heavy atom. The van der Waals surface area contributed by atoms with Gasteiger partial charge in [-0.05, 0) is 62.3 Å². The number of hydrogen-bond donors (Lipinski definition) is 0. The summed E-state index contributed by atoms with van der Waals surface area (Å²) in [7, 11) is 0. The monoisotopic (exact) mass is 429 g/mol. The number of ketones is 1. The predicted molar refractivity (Wildman–Crippen MR) is 118 cm³/mol. The SMILES string of the molecule is CC(C)CCCC(=O)[C@@H](C)N(Cc1ccco1)C(=O)c1ccc(CC2CCOCC2)o1. The van der Waals surface area contributed by atoms with Gasteiger partial charge in [0.1, 0.15) is 11.5 Å². The average Bonchev–Trinajstić information content (AvgIpc) is 3.43. The molecule has 3 heterocycles. The van der Waals surface area contributed by atoms with Gasteiger partial charge in [0.2, 0.25) is 0 Å². The molecule has 0 spiro atoms. The number of furan rings is 2. The van der Waals surface area contributed by atoms with Crippen LogP contribution in [-0.2, 0) is 22.5 Å². The van der Waals surface area contributed by atoms with Crippen molar-refractivity contribution in [3.8, 4) is 0 Å². The molecule has 2 aromatic heterocycles. The van der Waals surface area contributed by atoms with Gasteiger partial charge in [-0.3, -0.25) is 9.59 Å². The fraction of sp³-hybridized carbons (Fsp3) is 0.600. The number of rotatable bonds is 11. The normalized spacial score (nSPS) is 15.9. The Labute approximate surface area is 184 Å². The van der Waals surface area contributed by atoms with Crippen molar-refractivity contribution < 1.29 is 23.2 Å². The maximum atomic E-state index is 13.3. The Bertz CT molecular complexity index is 817. The Morgan fingerprint density at radius 3 is 2.55 bits per heavy atom. The Morgan fingerprint density at radius 2 is 1.87 bits per heavy atom. The van der Waals surface area contributed by atoms with Crippen LogP contribution in [0, 0.1) is 11.8 Å². The number of hydrogen-bond acceptors (Lipinski definition) is 5. The molecule has 6 nitrogen and oxygen atoms in total. The molecule has 0 aliphatic carbocycles. The minimum Gasteiger partial charge on any atom is -0.467 e. The Hall–Kier alpha value is -2.34. The maximum Gasteiger partial charge on any atom is 0.290 e. The van der Waals surface area contributed by atoms with E-state index in [1.807, 2.05) is 12.1 Å². The molecule has 2 aromatic rings. The molecule has 0 N–H and O–H groups in total. The van der Waals surface area contributed by atoms with E-state index < -0.39 is 6.04 Å². The highest BCUT2D eigenvalue weighted by Crippen LogP contribution is 2.23. The van der Waals surface area contributed by atoms with Gasteiger partial charge in [0.25, 0.3) is 5.91 Å². The molecule has 1 amide bonds. The number of amides is 1. The van der Waals surface area contributed by atoms with Crippen LogP contribution in [-0.4, -0.2) is 35.8 Å². The molecule has 0 saturated carbocycles. The van der Waals surface area contributed by atoms with E-state index in [1.165, 1.54) is 0 Å². The summed E-state index contributed by atoms with van der Waals surface area (Å²) in [6, 6.07) is 6.65. The number of Topliss-reactive ketones (excluding diaryl/α,β-unsaturated/α-hetero) is 1. The van der Waals surface area contributed by atoms with Crippen molar-refractivity contribution in [3.05, 3.63) is 47.8 Å². The summed E-state index contributed by atoms with van der Waals surface area (Å²) in [5.41, 5.74) is 0. The highest BCUT2D eigenvalue weighted by atomic mass is 16.5. The van der Waals surface area contributed by atoms with Crippen molar-refractivity contribution in [1.82, 2.24) is 4.90 Å². The quantitative estimate of drug-likeness (QED) is 0.487. The lowest BCUT2D eigenvalue weighted by Gasteiger charge is -2.27. The van der Waals surface area contributed by atoms with Gasteiger partial charge >= 0.3 is 0 Å². The summed E-state index contributed by atoms with van der Waals surface area (Å²) in [5.74, 6) is 2.59. The van der Waals surface area contributed by atoms with Gasteiger partial charge in [-0.1, -0.05) is 20.3 Å². The Balaban J connectivity index is 1.69. The highest BCUT2D eigenvalue weighted by molar-refractivity contribution is 5.96. The molecular formula is C25H35NO5. The van der Waals surface area contributed by atoms with Gasteiger partial charge in [-0.15, -0.1) is 0 Å². The summed E-state index contributed by atoms with van der Waals surface area (Å²) in [6.45, 7) is 7.89. The third-order valence-electron chi connectivity index (χ3n) is 6.01. The van der Waals surface area contributed by atoms with E-state index in [0.29, 0.717) is 24.0 Å². The first-order valence-electron chi connectivity index (χ1n) is 11.5. The number of nitrogens with zero attached hydrogens (tertiary/aromatic N) is 1. The largest absolute Gasteiger partial charge is 0.467 e. The van der Waals surface area contributed by atoms with Crippen molar-refractivity contribution in [3.63, 3.8) is 0 Å². The first-order chi connectivity index (χ1) is 14.9. The lowest BCUT2D eigenvalue weighted by Crippen LogP contribution is -2.42. The first kappa shape index (κ1) is 23.3.